The third-order valence-electron chi connectivity index (χ3n) is 6.43. The van der Waals surface area contributed by atoms with E-state index in [1.54, 1.807) is 24.3 Å². The number of pyridine rings is 1. The Bertz CT molecular complexity index is 1610. The van der Waals surface area contributed by atoms with Crippen molar-refractivity contribution in [2.45, 2.75) is 12.4 Å². The van der Waals surface area contributed by atoms with Gasteiger partial charge in [-0.25, -0.2) is 4.98 Å². The summed E-state index contributed by atoms with van der Waals surface area (Å²) >= 11 is 0. The number of halogens is 6. The van der Waals surface area contributed by atoms with E-state index in [0.29, 0.717) is 10.9 Å². The zero-order valence-corrected chi connectivity index (χ0v) is 20.7. The first-order valence-electron chi connectivity index (χ1n) is 11.5. The summed E-state index contributed by atoms with van der Waals surface area (Å²) in [6.07, 6.45) is -5.17. The minimum atomic E-state index is -4.95. The summed E-state index contributed by atoms with van der Waals surface area (Å²) in [7, 11) is 0. The predicted molar refractivity (Wildman–Crippen MR) is 143 cm³/mol. The van der Waals surface area contributed by atoms with Gasteiger partial charge in [-0.3, -0.25) is 0 Å². The van der Waals surface area contributed by atoms with Gasteiger partial charge in [-0.15, -0.1) is 0 Å². The van der Waals surface area contributed by atoms with Gasteiger partial charge in [0.2, 0.25) is 0 Å². The molecule has 8 heteroatoms. The molecule has 0 amide bonds. The molecule has 0 radical (unpaired) electrons. The van der Waals surface area contributed by atoms with Crippen molar-refractivity contribution in [2.75, 3.05) is 0 Å². The van der Waals surface area contributed by atoms with E-state index in [1.807, 2.05) is 60.7 Å². The molecule has 1 heterocycles. The number of hydrogen-bond donors (Lipinski definition) is 0. The molecule has 0 N–H and O–H groups in total. The van der Waals surface area contributed by atoms with Crippen LogP contribution in [0.15, 0.2) is 109 Å². The average molecular weight is 539 g/mol. The van der Waals surface area contributed by atoms with Crippen LogP contribution in [0.25, 0.3) is 22.0 Å². The second-order valence-corrected chi connectivity index (χ2v) is 11.9. The molecule has 0 saturated carbocycles. The van der Waals surface area contributed by atoms with Gasteiger partial charge in [0.1, 0.15) is 5.69 Å². The number of hydrogen-bond acceptors (Lipinski definition) is 1. The van der Waals surface area contributed by atoms with E-state index < -0.39 is 36.0 Å². The molecule has 5 rings (SSSR count). The molecule has 0 aliphatic heterocycles. The lowest BCUT2D eigenvalue weighted by molar-refractivity contribution is -0.142. The van der Waals surface area contributed by atoms with Crippen LogP contribution in [0.4, 0.5) is 26.3 Å². The summed E-state index contributed by atoms with van der Waals surface area (Å²) in [5.41, 5.74) is -2.96. The van der Waals surface area contributed by atoms with Gasteiger partial charge in [-0.2, -0.15) is 26.3 Å². The van der Waals surface area contributed by atoms with E-state index in [4.69, 9.17) is 0 Å². The molecule has 4 aromatic carbocycles. The fourth-order valence-electron chi connectivity index (χ4n) is 4.67. The van der Waals surface area contributed by atoms with Crippen molar-refractivity contribution in [3.8, 4) is 11.1 Å². The summed E-state index contributed by atoms with van der Waals surface area (Å²) in [6, 6.07) is 29.8. The zero-order chi connectivity index (χ0) is 27.1. The molecule has 1 nitrogen and oxygen atoms in total. The van der Waals surface area contributed by atoms with Gasteiger partial charge in [0, 0.05) is 5.39 Å². The smallest absolute Gasteiger partial charge is 0.243 e. The molecular formula is C30H20F6NP. The van der Waals surface area contributed by atoms with Gasteiger partial charge in [-0.1, -0.05) is 103 Å². The van der Waals surface area contributed by atoms with Gasteiger partial charge in [-0.05, 0) is 46.1 Å². The highest BCUT2D eigenvalue weighted by atomic mass is 31.2. The highest BCUT2D eigenvalue weighted by Crippen LogP contribution is 2.47. The monoisotopic (exact) mass is 539 g/mol. The van der Waals surface area contributed by atoms with Crippen molar-refractivity contribution < 1.29 is 26.3 Å². The minimum Gasteiger partial charge on any atom is -0.243 e. The lowest BCUT2D eigenvalue weighted by Crippen LogP contribution is -2.26. The highest BCUT2D eigenvalue weighted by molar-refractivity contribution is 7.93. The van der Waals surface area contributed by atoms with Crippen molar-refractivity contribution in [1.82, 2.24) is 4.98 Å². The third-order valence-corrected chi connectivity index (χ3v) is 10.0. The molecule has 38 heavy (non-hydrogen) atoms. The highest BCUT2D eigenvalue weighted by Gasteiger charge is 2.38. The van der Waals surface area contributed by atoms with Crippen molar-refractivity contribution in [1.29, 1.82) is 0 Å². The van der Waals surface area contributed by atoms with E-state index in [1.165, 1.54) is 12.1 Å². The van der Waals surface area contributed by atoms with Crippen molar-refractivity contribution in [2.24, 2.45) is 0 Å². The van der Waals surface area contributed by atoms with Gasteiger partial charge in [0.15, 0.2) is 0 Å². The number of alkyl halides is 6. The molecule has 0 bridgehead atoms. The van der Waals surface area contributed by atoms with Crippen LogP contribution in [0, 0.1) is 0 Å². The first kappa shape index (κ1) is 25.8. The molecule has 192 valence electrons. The Labute approximate surface area is 215 Å². The van der Waals surface area contributed by atoms with Gasteiger partial charge in [0.05, 0.1) is 11.1 Å². The fraction of sp³-hybridized carbons (Fsp3) is 0.0667. The maximum absolute atomic E-state index is 14.0. The van der Waals surface area contributed by atoms with E-state index >= 15 is 0 Å². The number of rotatable bonds is 4. The topological polar surface area (TPSA) is 12.9 Å². The zero-order valence-electron chi connectivity index (χ0n) is 19.8. The van der Waals surface area contributed by atoms with Crippen LogP contribution in [-0.4, -0.2) is 11.3 Å². The van der Waals surface area contributed by atoms with Gasteiger partial charge < -0.3 is 0 Å². The summed E-state index contributed by atoms with van der Waals surface area (Å²) in [4.78, 5) is 3.46. The SMILES string of the molecule is C=P(c1ccccc1)(c1ccccc1)c1ccccc1-c1cc(C(F)(F)F)nc2c(C(F)(F)F)cccc12. The Morgan fingerprint density at radius 1 is 0.579 bits per heavy atom. The number of fused-ring (bicyclic) bond motifs is 1. The van der Waals surface area contributed by atoms with E-state index in [0.717, 1.165) is 22.7 Å². The Morgan fingerprint density at radius 3 is 1.68 bits per heavy atom. The summed E-state index contributed by atoms with van der Waals surface area (Å²) in [6.45, 7) is -2.68. The molecular weight excluding hydrogens is 519 g/mol. The largest absolute Gasteiger partial charge is 0.433 e. The fourth-order valence-corrected chi connectivity index (χ4v) is 7.84. The first-order valence-corrected chi connectivity index (χ1v) is 13.5. The van der Waals surface area contributed by atoms with Crippen LogP contribution in [0.3, 0.4) is 0 Å². The van der Waals surface area contributed by atoms with Crippen LogP contribution in [-0.2, 0) is 12.4 Å². The third kappa shape index (κ3) is 4.52. The Hall–Kier alpha value is -3.83. The standard InChI is InChI=1S/C30H20F6NP/c1-38(20-11-4-2-5-12-20,21-13-6-3-7-14-21)26-18-9-8-15-22(26)24-19-27(30(34,35)36)37-28-23(24)16-10-17-25(28)29(31,32)33/h2-19H,1H2. The van der Waals surface area contributed by atoms with Crippen LogP contribution >= 0.6 is 6.89 Å². The van der Waals surface area contributed by atoms with Crippen molar-refractivity contribution >= 4 is 40.0 Å². The number of nitrogens with zero attached hydrogens (tertiary/aromatic N) is 1. The summed E-state index contributed by atoms with van der Waals surface area (Å²) in [5, 5.41) is 2.39. The van der Waals surface area contributed by atoms with Gasteiger partial charge >= 0.3 is 12.4 Å². The number of aromatic nitrogens is 1. The molecule has 1 aromatic heterocycles. The molecule has 0 atom stereocenters. The quantitative estimate of drug-likeness (QED) is 0.169. The van der Waals surface area contributed by atoms with Crippen LogP contribution < -0.4 is 15.9 Å². The molecule has 0 unspecified atom stereocenters. The summed E-state index contributed by atoms with van der Waals surface area (Å²) < 4.78 is 83.5. The van der Waals surface area contributed by atoms with Crippen molar-refractivity contribution in [3.05, 3.63) is 120 Å². The van der Waals surface area contributed by atoms with Gasteiger partial charge in [0.25, 0.3) is 0 Å². The van der Waals surface area contributed by atoms with Crippen LogP contribution in [0.1, 0.15) is 11.3 Å². The van der Waals surface area contributed by atoms with Crippen molar-refractivity contribution in [3.63, 3.8) is 0 Å². The lowest BCUT2D eigenvalue weighted by atomic mass is 9.97. The molecule has 0 aliphatic carbocycles. The van der Waals surface area contributed by atoms with E-state index in [-0.39, 0.29) is 10.9 Å². The molecule has 0 aliphatic rings. The number of para-hydroxylation sites is 1. The normalized spacial score (nSPS) is 12.6. The molecule has 0 saturated heterocycles. The second kappa shape index (κ2) is 9.48. The Kier molecular flexibility index (Phi) is 6.44. The average Bonchev–Trinajstić information content (AvgIpc) is 2.91. The van der Waals surface area contributed by atoms with E-state index in [2.05, 4.69) is 11.3 Å². The maximum atomic E-state index is 14.0. The Balaban J connectivity index is 1.91. The first-order chi connectivity index (χ1) is 18.0. The molecule has 5 aromatic rings. The molecule has 0 fully saturated rings. The summed E-state index contributed by atoms with van der Waals surface area (Å²) in [5.74, 6) is 0. The van der Waals surface area contributed by atoms with Crippen LogP contribution in [0.2, 0.25) is 0 Å². The Morgan fingerprint density at radius 2 is 1.13 bits per heavy atom. The maximum Gasteiger partial charge on any atom is 0.433 e. The predicted octanol–water partition coefficient (Wildman–Crippen LogP) is 7.67. The minimum absolute atomic E-state index is 0.0175. The lowest BCUT2D eigenvalue weighted by Gasteiger charge is -2.29. The molecule has 0 spiro atoms. The second-order valence-electron chi connectivity index (χ2n) is 8.75. The van der Waals surface area contributed by atoms with Crippen LogP contribution in [0.5, 0.6) is 0 Å². The number of benzene rings is 4. The van der Waals surface area contributed by atoms with E-state index in [9.17, 15) is 26.3 Å².